The molecule has 1 saturated heterocycles. The van der Waals surface area contributed by atoms with Crippen molar-refractivity contribution >= 4 is 16.8 Å². The summed E-state index contributed by atoms with van der Waals surface area (Å²) in [4.78, 5) is 17.1. The van der Waals surface area contributed by atoms with Crippen LogP contribution in [0.1, 0.15) is 10.5 Å². The quantitative estimate of drug-likeness (QED) is 0.738. The number of nitrogens with one attached hydrogen (secondary N) is 2. The molecule has 1 aromatic heterocycles. The number of hydrogen-bond acceptors (Lipinski definition) is 3. The van der Waals surface area contributed by atoms with E-state index in [2.05, 4.69) is 10.3 Å². The van der Waals surface area contributed by atoms with Crippen LogP contribution in [0.5, 0.6) is 0 Å². The average Bonchev–Trinajstić information content (AvgIpc) is 3.02. The number of aromatic amines is 1. The van der Waals surface area contributed by atoms with Crippen LogP contribution in [0.15, 0.2) is 30.3 Å². The second kappa shape index (κ2) is 4.68. The summed E-state index contributed by atoms with van der Waals surface area (Å²) in [5.74, 6) is -0.0936. The lowest BCUT2D eigenvalue weighted by Gasteiger charge is -2.25. The van der Waals surface area contributed by atoms with Gasteiger partial charge in [-0.05, 0) is 12.1 Å². The molecule has 1 fully saturated rings. The van der Waals surface area contributed by atoms with Gasteiger partial charge >= 0.3 is 0 Å². The van der Waals surface area contributed by atoms with Crippen LogP contribution in [-0.4, -0.2) is 53.2 Å². The predicted molar refractivity (Wildman–Crippen MR) is 73.1 cm³/mol. The van der Waals surface area contributed by atoms with E-state index >= 15 is 0 Å². The standard InChI is InChI=1S/C14H17N3O2/c1-17(12-7-15-8-13(12)18)14(19)11-6-9-4-2-3-5-10(9)16-11/h2-6,12-13,15-16,18H,7-8H2,1H3/t12-,13-/m1/s1. The van der Waals surface area contributed by atoms with Crippen molar-refractivity contribution in [2.24, 2.45) is 0 Å². The van der Waals surface area contributed by atoms with Crippen molar-refractivity contribution in [1.29, 1.82) is 0 Å². The highest BCUT2D eigenvalue weighted by Gasteiger charge is 2.31. The van der Waals surface area contributed by atoms with E-state index < -0.39 is 6.10 Å². The number of rotatable bonds is 2. The fourth-order valence-corrected chi connectivity index (χ4v) is 2.58. The first-order chi connectivity index (χ1) is 9.16. The number of H-pyrrole nitrogens is 1. The van der Waals surface area contributed by atoms with Crippen LogP contribution in [0.3, 0.4) is 0 Å². The second-order valence-corrected chi connectivity index (χ2v) is 4.98. The highest BCUT2D eigenvalue weighted by atomic mass is 16.3. The Labute approximate surface area is 111 Å². The summed E-state index contributed by atoms with van der Waals surface area (Å²) < 4.78 is 0. The molecule has 2 heterocycles. The molecule has 5 heteroatoms. The molecule has 3 rings (SSSR count). The number of aliphatic hydroxyl groups excluding tert-OH is 1. The first-order valence-corrected chi connectivity index (χ1v) is 6.40. The lowest BCUT2D eigenvalue weighted by molar-refractivity contribution is 0.0577. The topological polar surface area (TPSA) is 68.4 Å². The van der Waals surface area contributed by atoms with Gasteiger partial charge in [0.05, 0.1) is 12.1 Å². The van der Waals surface area contributed by atoms with Gasteiger partial charge in [0.2, 0.25) is 0 Å². The molecule has 1 aliphatic heterocycles. The Morgan fingerprint density at radius 2 is 2.16 bits per heavy atom. The van der Waals surface area contributed by atoms with Gasteiger partial charge in [-0.25, -0.2) is 0 Å². The SMILES string of the molecule is CN(C(=O)c1cc2ccccc2[nH]1)[C@@H]1CNC[C@H]1O. The van der Waals surface area contributed by atoms with E-state index in [-0.39, 0.29) is 11.9 Å². The number of aromatic nitrogens is 1. The molecule has 0 saturated carbocycles. The summed E-state index contributed by atoms with van der Waals surface area (Å²) in [6.07, 6.45) is -0.502. The number of carbonyl (C=O) groups excluding carboxylic acids is 1. The van der Waals surface area contributed by atoms with E-state index in [0.717, 1.165) is 10.9 Å². The van der Waals surface area contributed by atoms with Crippen LogP contribution in [-0.2, 0) is 0 Å². The van der Waals surface area contributed by atoms with Crippen molar-refractivity contribution in [2.45, 2.75) is 12.1 Å². The molecule has 1 amide bonds. The Bertz CT molecular complexity index is 575. The minimum Gasteiger partial charge on any atom is -0.390 e. The number of carbonyl (C=O) groups is 1. The average molecular weight is 259 g/mol. The number of benzene rings is 1. The maximum atomic E-state index is 12.4. The molecular weight excluding hydrogens is 242 g/mol. The van der Waals surface area contributed by atoms with Gasteiger partial charge in [0.15, 0.2) is 0 Å². The highest BCUT2D eigenvalue weighted by Crippen LogP contribution is 2.17. The fraction of sp³-hybridized carbons (Fsp3) is 0.357. The summed E-state index contributed by atoms with van der Waals surface area (Å²) in [6, 6.07) is 9.47. The number of para-hydroxylation sites is 1. The first kappa shape index (κ1) is 12.2. The van der Waals surface area contributed by atoms with Crippen LogP contribution < -0.4 is 5.32 Å². The number of β-amino-alcohol motifs (C(OH)–C–C–N with tert-alkyl or cyclic N) is 1. The zero-order valence-electron chi connectivity index (χ0n) is 10.8. The minimum atomic E-state index is -0.502. The largest absolute Gasteiger partial charge is 0.390 e. The van der Waals surface area contributed by atoms with Gasteiger partial charge in [-0.3, -0.25) is 4.79 Å². The third kappa shape index (κ3) is 2.11. The maximum absolute atomic E-state index is 12.4. The molecule has 1 aromatic carbocycles. The maximum Gasteiger partial charge on any atom is 0.270 e. The Morgan fingerprint density at radius 1 is 1.37 bits per heavy atom. The van der Waals surface area contributed by atoms with Crippen molar-refractivity contribution in [3.05, 3.63) is 36.0 Å². The summed E-state index contributed by atoms with van der Waals surface area (Å²) in [7, 11) is 1.73. The monoisotopic (exact) mass is 259 g/mol. The zero-order chi connectivity index (χ0) is 13.4. The van der Waals surface area contributed by atoms with Crippen molar-refractivity contribution in [2.75, 3.05) is 20.1 Å². The number of hydrogen-bond donors (Lipinski definition) is 3. The third-order valence-electron chi connectivity index (χ3n) is 3.73. The molecule has 0 unspecified atom stereocenters. The van der Waals surface area contributed by atoms with Gasteiger partial charge < -0.3 is 20.3 Å². The van der Waals surface area contributed by atoms with E-state index in [0.29, 0.717) is 18.8 Å². The summed E-state index contributed by atoms with van der Waals surface area (Å²) in [5.41, 5.74) is 1.51. The van der Waals surface area contributed by atoms with Crippen LogP contribution in [0.25, 0.3) is 10.9 Å². The van der Waals surface area contributed by atoms with E-state index in [1.807, 2.05) is 30.3 Å². The highest BCUT2D eigenvalue weighted by molar-refractivity contribution is 5.98. The van der Waals surface area contributed by atoms with Crippen LogP contribution in [0, 0.1) is 0 Å². The van der Waals surface area contributed by atoms with Gasteiger partial charge in [0.25, 0.3) is 5.91 Å². The molecule has 0 radical (unpaired) electrons. The molecule has 100 valence electrons. The molecule has 2 aromatic rings. The van der Waals surface area contributed by atoms with Crippen molar-refractivity contribution in [1.82, 2.24) is 15.2 Å². The minimum absolute atomic E-state index is 0.0936. The number of likely N-dealkylation sites (N-methyl/N-ethyl adjacent to an activating group) is 1. The normalized spacial score (nSPS) is 22.8. The van der Waals surface area contributed by atoms with Crippen LogP contribution in [0.2, 0.25) is 0 Å². The first-order valence-electron chi connectivity index (χ1n) is 6.40. The van der Waals surface area contributed by atoms with Gasteiger partial charge in [-0.1, -0.05) is 18.2 Å². The molecule has 0 bridgehead atoms. The smallest absolute Gasteiger partial charge is 0.270 e. The molecule has 0 aliphatic carbocycles. The second-order valence-electron chi connectivity index (χ2n) is 4.98. The molecule has 0 spiro atoms. The third-order valence-corrected chi connectivity index (χ3v) is 3.73. The fourth-order valence-electron chi connectivity index (χ4n) is 2.58. The Kier molecular flexibility index (Phi) is 3.00. The van der Waals surface area contributed by atoms with Crippen molar-refractivity contribution in [3.8, 4) is 0 Å². The van der Waals surface area contributed by atoms with E-state index in [4.69, 9.17) is 0 Å². The van der Waals surface area contributed by atoms with E-state index in [1.54, 1.807) is 11.9 Å². The summed E-state index contributed by atoms with van der Waals surface area (Å²) in [6.45, 7) is 1.17. The number of amides is 1. The van der Waals surface area contributed by atoms with Gasteiger partial charge in [0, 0.05) is 31.0 Å². The lowest BCUT2D eigenvalue weighted by atomic mass is 10.2. The number of fused-ring (bicyclic) bond motifs is 1. The van der Waals surface area contributed by atoms with Gasteiger partial charge in [0.1, 0.15) is 5.69 Å². The van der Waals surface area contributed by atoms with Crippen LogP contribution in [0.4, 0.5) is 0 Å². The molecule has 1 aliphatic rings. The van der Waals surface area contributed by atoms with Crippen LogP contribution >= 0.6 is 0 Å². The van der Waals surface area contributed by atoms with Gasteiger partial charge in [-0.2, -0.15) is 0 Å². The number of aliphatic hydroxyl groups is 1. The van der Waals surface area contributed by atoms with Gasteiger partial charge in [-0.15, -0.1) is 0 Å². The molecule has 3 N–H and O–H groups in total. The molecular formula is C14H17N3O2. The summed E-state index contributed by atoms with van der Waals surface area (Å²) >= 11 is 0. The Hall–Kier alpha value is -1.85. The lowest BCUT2D eigenvalue weighted by Crippen LogP contribution is -2.44. The Balaban J connectivity index is 1.86. The van der Waals surface area contributed by atoms with Crippen molar-refractivity contribution in [3.63, 3.8) is 0 Å². The summed E-state index contributed by atoms with van der Waals surface area (Å²) in [5, 5.41) is 13.9. The Morgan fingerprint density at radius 3 is 2.84 bits per heavy atom. The molecule has 5 nitrogen and oxygen atoms in total. The number of nitrogens with zero attached hydrogens (tertiary/aromatic N) is 1. The molecule has 2 atom stereocenters. The van der Waals surface area contributed by atoms with E-state index in [1.165, 1.54) is 0 Å². The predicted octanol–water partition coefficient (Wildman–Crippen LogP) is 0.573. The molecule has 19 heavy (non-hydrogen) atoms. The zero-order valence-corrected chi connectivity index (χ0v) is 10.8. The van der Waals surface area contributed by atoms with Crippen molar-refractivity contribution < 1.29 is 9.90 Å². The van der Waals surface area contributed by atoms with E-state index in [9.17, 15) is 9.90 Å².